The Morgan fingerprint density at radius 1 is 0.864 bits per heavy atom. The zero-order valence-corrected chi connectivity index (χ0v) is 13.9. The lowest BCUT2D eigenvalue weighted by molar-refractivity contribution is -0.138. The molecule has 0 aliphatic carbocycles. The Kier molecular flexibility index (Phi) is 11.7. The van der Waals surface area contributed by atoms with Crippen LogP contribution >= 0.6 is 0 Å². The average molecular weight is 319 g/mol. The molecule has 0 aromatic heterocycles. The number of hydrogen-bond acceptors (Lipinski definition) is 5. The standard InChI is InChI=1S/C15H29NO6/c1-15(2,3)12-16-13(17)4-6-20-8-10-22-11-9-21-7-5-14(18)19/h4-12H2,1-3H3,(H,16,17)(H,18,19). The van der Waals surface area contributed by atoms with Crippen LogP contribution in [0.1, 0.15) is 33.6 Å². The molecule has 0 saturated heterocycles. The van der Waals surface area contributed by atoms with Crippen LogP contribution in [0, 0.1) is 5.41 Å². The van der Waals surface area contributed by atoms with E-state index in [2.05, 4.69) is 26.1 Å². The molecule has 7 heteroatoms. The van der Waals surface area contributed by atoms with Gasteiger partial charge < -0.3 is 24.6 Å². The van der Waals surface area contributed by atoms with Gasteiger partial charge in [-0.3, -0.25) is 9.59 Å². The van der Waals surface area contributed by atoms with E-state index >= 15 is 0 Å². The first kappa shape index (κ1) is 20.8. The molecule has 0 unspecified atom stereocenters. The maximum absolute atomic E-state index is 11.5. The highest BCUT2D eigenvalue weighted by Crippen LogP contribution is 2.10. The summed E-state index contributed by atoms with van der Waals surface area (Å²) in [5, 5.41) is 11.2. The Bertz CT molecular complexity index is 314. The van der Waals surface area contributed by atoms with Crippen molar-refractivity contribution in [1.29, 1.82) is 0 Å². The lowest BCUT2D eigenvalue weighted by atomic mass is 9.97. The molecule has 0 aromatic carbocycles. The fourth-order valence-corrected chi connectivity index (χ4v) is 1.32. The van der Waals surface area contributed by atoms with Crippen molar-refractivity contribution in [2.75, 3.05) is 46.2 Å². The highest BCUT2D eigenvalue weighted by atomic mass is 16.5. The molecule has 0 radical (unpaired) electrons. The van der Waals surface area contributed by atoms with Gasteiger partial charge in [-0.25, -0.2) is 0 Å². The highest BCUT2D eigenvalue weighted by Gasteiger charge is 2.11. The van der Waals surface area contributed by atoms with Crippen molar-refractivity contribution in [2.24, 2.45) is 5.41 Å². The van der Waals surface area contributed by atoms with Crippen LogP contribution in [0.3, 0.4) is 0 Å². The lowest BCUT2D eigenvalue weighted by Crippen LogP contribution is -2.32. The molecule has 0 heterocycles. The second-order valence-electron chi connectivity index (χ2n) is 6.07. The summed E-state index contributed by atoms with van der Waals surface area (Å²) < 4.78 is 15.6. The van der Waals surface area contributed by atoms with Crippen molar-refractivity contribution >= 4 is 11.9 Å². The van der Waals surface area contributed by atoms with E-state index in [9.17, 15) is 9.59 Å². The van der Waals surface area contributed by atoms with Crippen LogP contribution < -0.4 is 5.32 Å². The number of carboxylic acid groups (broad SMARTS) is 1. The summed E-state index contributed by atoms with van der Waals surface area (Å²) in [4.78, 5) is 21.7. The van der Waals surface area contributed by atoms with Gasteiger partial charge in [0.15, 0.2) is 0 Å². The Hall–Kier alpha value is -1.18. The molecule has 0 saturated carbocycles. The third-order valence-electron chi connectivity index (χ3n) is 2.49. The molecule has 1 amide bonds. The van der Waals surface area contributed by atoms with E-state index in [1.807, 2.05) is 0 Å². The van der Waals surface area contributed by atoms with Crippen LogP contribution in [0.15, 0.2) is 0 Å². The van der Waals surface area contributed by atoms with Gasteiger partial charge in [0.05, 0.1) is 46.1 Å². The zero-order chi connectivity index (χ0) is 16.8. The zero-order valence-electron chi connectivity index (χ0n) is 13.9. The van der Waals surface area contributed by atoms with Crippen LogP contribution in [0.5, 0.6) is 0 Å². The molecule has 0 fully saturated rings. The Balaban J connectivity index is 3.23. The second-order valence-corrected chi connectivity index (χ2v) is 6.07. The number of carbonyl (C=O) groups excluding carboxylic acids is 1. The molecule has 0 aromatic rings. The van der Waals surface area contributed by atoms with Crippen molar-refractivity contribution in [3.8, 4) is 0 Å². The summed E-state index contributed by atoms with van der Waals surface area (Å²) in [6.45, 7) is 9.00. The van der Waals surface area contributed by atoms with Crippen molar-refractivity contribution in [3.05, 3.63) is 0 Å². The summed E-state index contributed by atoms with van der Waals surface area (Å²) in [5.41, 5.74) is 0.0803. The quantitative estimate of drug-likeness (QED) is 0.493. The summed E-state index contributed by atoms with van der Waals surface area (Å²) in [6, 6.07) is 0. The predicted molar refractivity (Wildman–Crippen MR) is 81.8 cm³/mol. The minimum atomic E-state index is -0.874. The first-order chi connectivity index (χ1) is 10.3. The molecule has 2 N–H and O–H groups in total. The van der Waals surface area contributed by atoms with Gasteiger partial charge >= 0.3 is 5.97 Å². The van der Waals surface area contributed by atoms with Gasteiger partial charge in [0.25, 0.3) is 0 Å². The summed E-state index contributed by atoms with van der Waals surface area (Å²) in [7, 11) is 0. The van der Waals surface area contributed by atoms with E-state index in [1.54, 1.807) is 0 Å². The molecule has 0 rings (SSSR count). The van der Waals surface area contributed by atoms with E-state index in [0.717, 1.165) is 0 Å². The van der Waals surface area contributed by atoms with E-state index in [4.69, 9.17) is 19.3 Å². The first-order valence-electron chi connectivity index (χ1n) is 7.53. The van der Waals surface area contributed by atoms with E-state index in [0.29, 0.717) is 46.0 Å². The fraction of sp³-hybridized carbons (Fsp3) is 0.867. The number of nitrogens with one attached hydrogen (secondary N) is 1. The number of amides is 1. The SMILES string of the molecule is CC(C)(C)CNC(=O)CCOCCOCCOCCC(=O)O. The third kappa shape index (κ3) is 16.9. The van der Waals surface area contributed by atoms with Crippen molar-refractivity contribution < 1.29 is 28.9 Å². The molecule has 0 bridgehead atoms. The summed E-state index contributed by atoms with van der Waals surface area (Å²) in [5.74, 6) is -0.886. The van der Waals surface area contributed by atoms with Gasteiger partial charge in [-0.2, -0.15) is 0 Å². The van der Waals surface area contributed by atoms with Gasteiger partial charge in [-0.15, -0.1) is 0 Å². The van der Waals surface area contributed by atoms with Gasteiger partial charge in [-0.05, 0) is 5.41 Å². The van der Waals surface area contributed by atoms with Crippen LogP contribution in [-0.2, 0) is 23.8 Å². The van der Waals surface area contributed by atoms with Crippen molar-refractivity contribution in [1.82, 2.24) is 5.32 Å². The minimum absolute atomic E-state index is 0.000386. The van der Waals surface area contributed by atoms with Gasteiger partial charge in [0.2, 0.25) is 5.91 Å². The molecule has 22 heavy (non-hydrogen) atoms. The maximum atomic E-state index is 11.5. The molecule has 0 aliphatic heterocycles. The van der Waals surface area contributed by atoms with Crippen LogP contribution in [0.2, 0.25) is 0 Å². The fourth-order valence-electron chi connectivity index (χ4n) is 1.32. The average Bonchev–Trinajstić information content (AvgIpc) is 2.41. The van der Waals surface area contributed by atoms with E-state index in [1.165, 1.54) is 0 Å². The third-order valence-corrected chi connectivity index (χ3v) is 2.49. The summed E-state index contributed by atoms with van der Waals surface area (Å²) >= 11 is 0. The number of hydrogen-bond donors (Lipinski definition) is 2. The smallest absolute Gasteiger partial charge is 0.305 e. The number of ether oxygens (including phenoxy) is 3. The van der Waals surface area contributed by atoms with Gasteiger partial charge in [0, 0.05) is 13.0 Å². The monoisotopic (exact) mass is 319 g/mol. The Morgan fingerprint density at radius 2 is 1.32 bits per heavy atom. The van der Waals surface area contributed by atoms with Crippen LogP contribution in [0.25, 0.3) is 0 Å². The molecule has 0 atom stereocenters. The largest absolute Gasteiger partial charge is 0.481 e. The molecular formula is C15H29NO6. The van der Waals surface area contributed by atoms with Crippen LogP contribution in [-0.4, -0.2) is 63.2 Å². The highest BCUT2D eigenvalue weighted by molar-refractivity contribution is 5.75. The minimum Gasteiger partial charge on any atom is -0.481 e. The Labute approximate surface area is 132 Å². The van der Waals surface area contributed by atoms with E-state index in [-0.39, 0.29) is 24.3 Å². The number of aliphatic carboxylic acids is 1. The second kappa shape index (κ2) is 12.4. The maximum Gasteiger partial charge on any atom is 0.305 e. The predicted octanol–water partition coefficient (Wildman–Crippen LogP) is 1.06. The first-order valence-corrected chi connectivity index (χ1v) is 7.53. The number of rotatable bonds is 13. The molecule has 0 aliphatic rings. The van der Waals surface area contributed by atoms with E-state index < -0.39 is 5.97 Å². The van der Waals surface area contributed by atoms with Crippen molar-refractivity contribution in [2.45, 2.75) is 33.6 Å². The number of carbonyl (C=O) groups is 2. The lowest BCUT2D eigenvalue weighted by Gasteiger charge is -2.18. The molecule has 0 spiro atoms. The van der Waals surface area contributed by atoms with Gasteiger partial charge in [-0.1, -0.05) is 20.8 Å². The Morgan fingerprint density at radius 3 is 1.77 bits per heavy atom. The van der Waals surface area contributed by atoms with Gasteiger partial charge in [0.1, 0.15) is 0 Å². The summed E-state index contributed by atoms with van der Waals surface area (Å²) in [6.07, 6.45) is 0.342. The number of carboxylic acids is 1. The molecule has 7 nitrogen and oxygen atoms in total. The van der Waals surface area contributed by atoms with Crippen molar-refractivity contribution in [3.63, 3.8) is 0 Å². The topological polar surface area (TPSA) is 94.1 Å². The molecule has 130 valence electrons. The normalized spacial score (nSPS) is 11.4. The van der Waals surface area contributed by atoms with Crippen LogP contribution in [0.4, 0.5) is 0 Å². The molecular weight excluding hydrogens is 290 g/mol.